The topological polar surface area (TPSA) is 104 Å². The lowest BCUT2D eigenvalue weighted by molar-refractivity contribution is -0.113. The van der Waals surface area contributed by atoms with Gasteiger partial charge >= 0.3 is 0 Å². The van der Waals surface area contributed by atoms with Gasteiger partial charge < -0.3 is 10.1 Å². The Bertz CT molecular complexity index is 980. The molecule has 0 atom stereocenters. The smallest absolute Gasteiger partial charge is 0.234 e. The molecule has 0 radical (unpaired) electrons. The molecule has 3 rings (SSSR count). The van der Waals surface area contributed by atoms with Crippen molar-refractivity contribution in [1.82, 2.24) is 15.2 Å². The van der Waals surface area contributed by atoms with Gasteiger partial charge in [0.25, 0.3) is 0 Å². The zero-order valence-electron chi connectivity index (χ0n) is 14.6. The van der Waals surface area contributed by atoms with Crippen LogP contribution in [0.5, 0.6) is 5.75 Å². The number of aromatic amines is 1. The van der Waals surface area contributed by atoms with Gasteiger partial charge in [-0.3, -0.25) is 9.89 Å². The molecule has 2 aromatic carbocycles. The molecule has 0 saturated carbocycles. The molecule has 1 amide bonds. The number of thioether (sulfide) groups is 1. The summed E-state index contributed by atoms with van der Waals surface area (Å²) in [5, 5.41) is 19.0. The first-order valence-electron chi connectivity index (χ1n) is 8.16. The fraction of sp³-hybridized carbons (Fsp3) is 0.158. The number of ether oxygens (including phenoxy) is 1. The number of aryl methyl sites for hydroxylation is 1. The number of nitriles is 1. The summed E-state index contributed by atoms with van der Waals surface area (Å²) < 4.78 is 5.71. The van der Waals surface area contributed by atoms with E-state index in [2.05, 4.69) is 20.5 Å². The number of amides is 1. The van der Waals surface area contributed by atoms with Crippen molar-refractivity contribution in [2.75, 3.05) is 11.1 Å². The van der Waals surface area contributed by atoms with Gasteiger partial charge in [0.2, 0.25) is 11.1 Å². The molecule has 0 spiro atoms. The van der Waals surface area contributed by atoms with Crippen LogP contribution >= 0.6 is 11.8 Å². The Hall–Kier alpha value is -3.31. The molecule has 0 bridgehead atoms. The van der Waals surface area contributed by atoms with E-state index in [1.807, 2.05) is 37.3 Å². The second-order valence-corrected chi connectivity index (χ2v) is 6.59. The van der Waals surface area contributed by atoms with Crippen molar-refractivity contribution in [1.29, 1.82) is 5.26 Å². The molecule has 27 heavy (non-hydrogen) atoms. The summed E-state index contributed by atoms with van der Waals surface area (Å²) in [7, 11) is 0. The van der Waals surface area contributed by atoms with Gasteiger partial charge in [-0.15, -0.1) is 5.10 Å². The van der Waals surface area contributed by atoms with Crippen molar-refractivity contribution in [2.45, 2.75) is 18.7 Å². The molecule has 7 nitrogen and oxygen atoms in total. The average Bonchev–Trinajstić information content (AvgIpc) is 3.14. The van der Waals surface area contributed by atoms with Gasteiger partial charge in [-0.25, -0.2) is 4.98 Å². The highest BCUT2D eigenvalue weighted by molar-refractivity contribution is 7.99. The van der Waals surface area contributed by atoms with Crippen LogP contribution in [0.3, 0.4) is 0 Å². The van der Waals surface area contributed by atoms with Crippen molar-refractivity contribution in [3.63, 3.8) is 0 Å². The fourth-order valence-electron chi connectivity index (χ4n) is 2.27. The first-order chi connectivity index (χ1) is 13.1. The van der Waals surface area contributed by atoms with Crippen molar-refractivity contribution in [2.24, 2.45) is 0 Å². The Kier molecular flexibility index (Phi) is 6.07. The van der Waals surface area contributed by atoms with E-state index < -0.39 is 0 Å². The summed E-state index contributed by atoms with van der Waals surface area (Å²) in [6.07, 6.45) is 0. The highest BCUT2D eigenvalue weighted by atomic mass is 32.2. The number of hydrogen-bond donors (Lipinski definition) is 2. The highest BCUT2D eigenvalue weighted by Gasteiger charge is 2.09. The van der Waals surface area contributed by atoms with E-state index in [0.717, 1.165) is 11.3 Å². The lowest BCUT2D eigenvalue weighted by Crippen LogP contribution is -2.14. The zero-order valence-corrected chi connectivity index (χ0v) is 15.4. The van der Waals surface area contributed by atoms with Crippen molar-refractivity contribution in [3.05, 3.63) is 65.5 Å². The second-order valence-electron chi connectivity index (χ2n) is 5.65. The van der Waals surface area contributed by atoms with Gasteiger partial charge in [0.05, 0.1) is 17.4 Å². The molecule has 0 aliphatic carbocycles. The van der Waals surface area contributed by atoms with Crippen molar-refractivity contribution < 1.29 is 9.53 Å². The van der Waals surface area contributed by atoms with Crippen LogP contribution in [0.1, 0.15) is 17.0 Å². The van der Waals surface area contributed by atoms with Gasteiger partial charge in [-0.1, -0.05) is 36.0 Å². The normalized spacial score (nSPS) is 10.2. The number of nitrogens with one attached hydrogen (secondary N) is 2. The third-order valence-corrected chi connectivity index (χ3v) is 4.42. The van der Waals surface area contributed by atoms with Crippen LogP contribution in [-0.2, 0) is 11.4 Å². The van der Waals surface area contributed by atoms with E-state index >= 15 is 0 Å². The van der Waals surface area contributed by atoms with Crippen molar-refractivity contribution >= 4 is 23.4 Å². The van der Waals surface area contributed by atoms with Crippen molar-refractivity contribution in [3.8, 4) is 11.8 Å². The monoisotopic (exact) mass is 379 g/mol. The third-order valence-electron chi connectivity index (χ3n) is 3.58. The maximum absolute atomic E-state index is 12.0. The number of H-pyrrole nitrogens is 1. The zero-order chi connectivity index (χ0) is 19.1. The van der Waals surface area contributed by atoms with Crippen LogP contribution < -0.4 is 10.1 Å². The summed E-state index contributed by atoms with van der Waals surface area (Å²) >= 11 is 1.22. The van der Waals surface area contributed by atoms with Gasteiger partial charge in [-0.2, -0.15) is 5.26 Å². The van der Waals surface area contributed by atoms with E-state index in [4.69, 9.17) is 10.00 Å². The summed E-state index contributed by atoms with van der Waals surface area (Å²) in [5.74, 6) is 1.34. The first kappa shape index (κ1) is 18.5. The standard InChI is InChI=1S/C19H17N5O2S/c1-13-5-2-3-8-16(13)26-11-17-22-19(24-23-17)27-12-18(25)21-15-7-4-6-14(9-15)10-20/h2-9H,11-12H2,1H3,(H,21,25)(H,22,23,24). The third kappa shape index (κ3) is 5.33. The summed E-state index contributed by atoms with van der Waals surface area (Å²) in [6, 6.07) is 16.5. The van der Waals surface area contributed by atoms with Crippen LogP contribution in [-0.4, -0.2) is 26.8 Å². The fourth-order valence-corrected chi connectivity index (χ4v) is 2.88. The lowest BCUT2D eigenvalue weighted by Gasteiger charge is -2.06. The molecule has 2 N–H and O–H groups in total. The molecule has 8 heteroatoms. The molecule has 0 aliphatic heterocycles. The summed E-state index contributed by atoms with van der Waals surface area (Å²) in [6.45, 7) is 2.24. The van der Waals surface area contributed by atoms with Gasteiger partial charge in [0.1, 0.15) is 12.4 Å². The molecule has 0 saturated heterocycles. The average molecular weight is 379 g/mol. The van der Waals surface area contributed by atoms with Crippen LogP contribution in [0.15, 0.2) is 53.7 Å². The molecule has 1 heterocycles. The largest absolute Gasteiger partial charge is 0.485 e. The molecular formula is C19H17N5O2S. The van der Waals surface area contributed by atoms with E-state index in [1.54, 1.807) is 24.3 Å². The summed E-state index contributed by atoms with van der Waals surface area (Å²) in [5.41, 5.74) is 2.12. The number of nitrogens with zero attached hydrogens (tertiary/aromatic N) is 3. The van der Waals surface area contributed by atoms with Crippen LogP contribution in [0.25, 0.3) is 0 Å². The molecule has 136 valence electrons. The predicted molar refractivity (Wildman–Crippen MR) is 102 cm³/mol. The Morgan fingerprint density at radius 1 is 1.30 bits per heavy atom. The minimum atomic E-state index is -0.197. The van der Waals surface area contributed by atoms with E-state index in [1.165, 1.54) is 11.8 Å². The predicted octanol–water partition coefficient (Wildman–Crippen LogP) is 3.29. The molecule has 0 aliphatic rings. The Labute approximate surface area is 160 Å². The van der Waals surface area contributed by atoms with E-state index in [9.17, 15) is 4.79 Å². The molecule has 1 aromatic heterocycles. The van der Waals surface area contributed by atoms with Crippen LogP contribution in [0, 0.1) is 18.3 Å². The Balaban J connectivity index is 1.48. The number of carbonyl (C=O) groups excluding carboxylic acids is 1. The maximum atomic E-state index is 12.0. The van der Waals surface area contributed by atoms with Crippen LogP contribution in [0.4, 0.5) is 5.69 Å². The highest BCUT2D eigenvalue weighted by Crippen LogP contribution is 2.18. The molecule has 0 fully saturated rings. The van der Waals surface area contributed by atoms with Gasteiger partial charge in [-0.05, 0) is 36.8 Å². The van der Waals surface area contributed by atoms with E-state index in [0.29, 0.717) is 22.2 Å². The SMILES string of the molecule is Cc1ccccc1OCc1nc(SCC(=O)Nc2cccc(C#N)c2)n[nH]1. The second kappa shape index (κ2) is 8.87. The number of aromatic nitrogens is 3. The minimum Gasteiger partial charge on any atom is -0.485 e. The number of anilines is 1. The quantitative estimate of drug-likeness (QED) is 0.611. The molecule has 0 unspecified atom stereocenters. The number of carbonyl (C=O) groups is 1. The summed E-state index contributed by atoms with van der Waals surface area (Å²) in [4.78, 5) is 16.3. The number of para-hydroxylation sites is 1. The van der Waals surface area contributed by atoms with Crippen LogP contribution in [0.2, 0.25) is 0 Å². The van der Waals surface area contributed by atoms with E-state index in [-0.39, 0.29) is 18.3 Å². The Morgan fingerprint density at radius 3 is 2.96 bits per heavy atom. The first-order valence-corrected chi connectivity index (χ1v) is 9.15. The molecular weight excluding hydrogens is 362 g/mol. The number of rotatable bonds is 7. The number of hydrogen-bond acceptors (Lipinski definition) is 6. The van der Waals surface area contributed by atoms with Gasteiger partial charge in [0.15, 0.2) is 5.82 Å². The minimum absolute atomic E-state index is 0.159. The maximum Gasteiger partial charge on any atom is 0.234 e. The van der Waals surface area contributed by atoms with Gasteiger partial charge in [0, 0.05) is 5.69 Å². The molecule has 3 aromatic rings. The lowest BCUT2D eigenvalue weighted by atomic mass is 10.2. The Morgan fingerprint density at radius 2 is 2.15 bits per heavy atom. The number of benzene rings is 2.